The number of hydrogen-bond donors (Lipinski definition) is 1. The number of ether oxygens (including phenoxy) is 1. The van der Waals surface area contributed by atoms with Crippen LogP contribution in [-0.4, -0.2) is 32.7 Å². The molecule has 2 rings (SSSR count). The highest BCUT2D eigenvalue weighted by Gasteiger charge is 2.37. The number of hydrogen-bond acceptors (Lipinski definition) is 5. The van der Waals surface area contributed by atoms with Crippen LogP contribution in [0.1, 0.15) is 5.56 Å². The molecule has 0 spiro atoms. The molecule has 18 heavy (non-hydrogen) atoms. The molecule has 0 radical (unpaired) electrons. The molecule has 0 saturated heterocycles. The average molecular weight is 289 g/mol. The highest BCUT2D eigenvalue weighted by Crippen LogP contribution is 2.36. The van der Waals surface area contributed by atoms with Crippen molar-refractivity contribution in [3.8, 4) is 0 Å². The van der Waals surface area contributed by atoms with Crippen LogP contribution in [0.15, 0.2) is 28.0 Å². The summed E-state index contributed by atoms with van der Waals surface area (Å²) >= 11 is 5.73. The summed E-state index contributed by atoms with van der Waals surface area (Å²) in [6.45, 7) is 0. The van der Waals surface area contributed by atoms with Gasteiger partial charge in [-0.3, -0.25) is 0 Å². The van der Waals surface area contributed by atoms with Crippen molar-refractivity contribution in [2.45, 2.75) is 11.0 Å². The molecule has 0 bridgehead atoms. The van der Waals surface area contributed by atoms with Crippen LogP contribution in [0.5, 0.6) is 0 Å². The van der Waals surface area contributed by atoms with Gasteiger partial charge in [-0.05, 0) is 23.8 Å². The molecule has 1 N–H and O–H groups in total. The summed E-state index contributed by atoms with van der Waals surface area (Å²) in [6, 6.07) is 4.31. The van der Waals surface area contributed by atoms with Gasteiger partial charge >= 0.3 is 5.97 Å². The first-order chi connectivity index (χ1) is 8.37. The molecule has 1 aromatic carbocycles. The first kappa shape index (κ1) is 13.1. The summed E-state index contributed by atoms with van der Waals surface area (Å²) in [4.78, 5) is 10.8. The van der Waals surface area contributed by atoms with E-state index in [-0.39, 0.29) is 9.92 Å². The molecule has 96 valence electrons. The number of esters is 1. The number of halogens is 1. The van der Waals surface area contributed by atoms with Crippen molar-refractivity contribution >= 4 is 33.5 Å². The maximum atomic E-state index is 12.1. The van der Waals surface area contributed by atoms with Crippen molar-refractivity contribution in [1.29, 1.82) is 0 Å². The Kier molecular flexibility index (Phi) is 3.18. The molecule has 0 amide bonds. The summed E-state index contributed by atoms with van der Waals surface area (Å²) < 4.78 is 28.5. The third kappa shape index (κ3) is 1.92. The third-order valence-corrected chi connectivity index (χ3v) is 4.70. The van der Waals surface area contributed by atoms with E-state index in [0.717, 1.165) is 7.11 Å². The van der Waals surface area contributed by atoms with Gasteiger partial charge in [-0.15, -0.1) is 0 Å². The Balaban J connectivity index is 2.54. The molecule has 0 aromatic heterocycles. The van der Waals surface area contributed by atoms with Crippen molar-refractivity contribution in [2.24, 2.45) is 0 Å². The van der Waals surface area contributed by atoms with Crippen LogP contribution in [0.3, 0.4) is 0 Å². The normalized spacial score (nSPS) is 17.8. The van der Waals surface area contributed by atoms with Crippen LogP contribution in [0, 0.1) is 0 Å². The number of rotatable bonds is 2. The van der Waals surface area contributed by atoms with Crippen molar-refractivity contribution in [3.05, 3.63) is 33.7 Å². The molecule has 1 heterocycles. The lowest BCUT2D eigenvalue weighted by Gasteiger charge is -2.09. The van der Waals surface area contributed by atoms with Crippen molar-refractivity contribution < 1.29 is 23.1 Å². The fourth-order valence-corrected chi connectivity index (χ4v) is 3.55. The lowest BCUT2D eigenvalue weighted by Crippen LogP contribution is -2.26. The second kappa shape index (κ2) is 4.38. The molecular weight excluding hydrogens is 280 g/mol. The van der Waals surface area contributed by atoms with Gasteiger partial charge in [0.15, 0.2) is 6.10 Å². The molecule has 1 atom stereocenters. The fraction of sp³-hybridized carbons (Fsp3) is 0.182. The number of aliphatic hydroxyl groups is 1. The number of fused-ring (bicyclic) bond motifs is 1. The van der Waals surface area contributed by atoms with E-state index in [2.05, 4.69) is 4.74 Å². The van der Waals surface area contributed by atoms with Gasteiger partial charge in [0.2, 0.25) is 9.84 Å². The van der Waals surface area contributed by atoms with Gasteiger partial charge in [0, 0.05) is 5.02 Å². The Labute approximate surface area is 109 Å². The van der Waals surface area contributed by atoms with Gasteiger partial charge in [0.1, 0.15) is 0 Å². The summed E-state index contributed by atoms with van der Waals surface area (Å²) in [5.74, 6) is -1.02. The first-order valence-corrected chi connectivity index (χ1v) is 6.76. The van der Waals surface area contributed by atoms with Crippen molar-refractivity contribution in [3.63, 3.8) is 0 Å². The maximum Gasteiger partial charge on any atom is 0.340 e. The zero-order valence-electron chi connectivity index (χ0n) is 9.25. The second-order valence-corrected chi connectivity index (χ2v) is 6.01. The highest BCUT2D eigenvalue weighted by atomic mass is 35.5. The quantitative estimate of drug-likeness (QED) is 0.821. The lowest BCUT2D eigenvalue weighted by atomic mass is 10.2. The SMILES string of the molecule is COC(=O)C(O)C1=Cc2ccc(Cl)cc2S1(=O)=O. The van der Waals surface area contributed by atoms with E-state index in [1.165, 1.54) is 24.3 Å². The molecule has 0 fully saturated rings. The molecule has 0 saturated carbocycles. The minimum atomic E-state index is -3.90. The molecule has 0 aliphatic carbocycles. The Morgan fingerprint density at radius 1 is 1.44 bits per heavy atom. The molecular formula is C11H9ClO5S. The predicted molar refractivity (Wildman–Crippen MR) is 64.6 cm³/mol. The molecule has 1 aromatic rings. The maximum absolute atomic E-state index is 12.1. The van der Waals surface area contributed by atoms with Crippen LogP contribution < -0.4 is 0 Å². The second-order valence-electron chi connectivity index (χ2n) is 3.66. The van der Waals surface area contributed by atoms with E-state index in [0.29, 0.717) is 5.56 Å². The minimum absolute atomic E-state index is 0.0204. The van der Waals surface area contributed by atoms with Crippen LogP contribution in [0.25, 0.3) is 6.08 Å². The van der Waals surface area contributed by atoms with Gasteiger partial charge in [0.05, 0.1) is 16.9 Å². The summed E-state index contributed by atoms with van der Waals surface area (Å²) in [5, 5.41) is 9.90. The van der Waals surface area contributed by atoms with Crippen molar-refractivity contribution in [2.75, 3.05) is 7.11 Å². The number of carbonyl (C=O) groups is 1. The number of carbonyl (C=O) groups excluding carboxylic acids is 1. The monoisotopic (exact) mass is 288 g/mol. The topological polar surface area (TPSA) is 80.7 Å². The van der Waals surface area contributed by atoms with Crippen LogP contribution in [-0.2, 0) is 19.4 Å². The molecule has 5 nitrogen and oxygen atoms in total. The molecule has 1 aliphatic rings. The zero-order valence-corrected chi connectivity index (χ0v) is 10.8. The van der Waals surface area contributed by atoms with Crippen LogP contribution in [0.2, 0.25) is 5.02 Å². The predicted octanol–water partition coefficient (Wildman–Crippen LogP) is 1.00. The van der Waals surface area contributed by atoms with E-state index >= 15 is 0 Å². The first-order valence-electron chi connectivity index (χ1n) is 4.90. The summed E-state index contributed by atoms with van der Waals surface area (Å²) in [6.07, 6.45) is -0.589. The molecule has 7 heteroatoms. The number of aliphatic hydroxyl groups excluding tert-OH is 1. The fourth-order valence-electron chi connectivity index (χ4n) is 1.67. The van der Waals surface area contributed by atoms with Gasteiger partial charge in [-0.2, -0.15) is 0 Å². The minimum Gasteiger partial charge on any atom is -0.467 e. The Bertz CT molecular complexity index is 647. The largest absolute Gasteiger partial charge is 0.467 e. The smallest absolute Gasteiger partial charge is 0.340 e. The third-order valence-electron chi connectivity index (χ3n) is 2.57. The zero-order chi connectivity index (χ0) is 13.5. The van der Waals surface area contributed by atoms with E-state index in [1.807, 2.05) is 0 Å². The molecule has 1 unspecified atom stereocenters. The van der Waals surface area contributed by atoms with Crippen LogP contribution in [0.4, 0.5) is 0 Å². The summed E-state index contributed by atoms with van der Waals surface area (Å²) in [7, 11) is -2.83. The number of benzene rings is 1. The highest BCUT2D eigenvalue weighted by molar-refractivity contribution is 7.96. The van der Waals surface area contributed by atoms with E-state index < -0.39 is 26.8 Å². The van der Waals surface area contributed by atoms with Gasteiger partial charge in [-0.1, -0.05) is 17.7 Å². The van der Waals surface area contributed by atoms with E-state index in [4.69, 9.17) is 11.6 Å². The number of sulfone groups is 1. The Hall–Kier alpha value is -1.37. The number of methoxy groups -OCH3 is 1. The van der Waals surface area contributed by atoms with E-state index in [9.17, 15) is 18.3 Å². The van der Waals surface area contributed by atoms with Gasteiger partial charge in [-0.25, -0.2) is 13.2 Å². The standard InChI is InChI=1S/C11H9ClO5S/c1-17-11(14)10(13)9-4-6-2-3-7(12)5-8(6)18(9,15)16/h2-5,10,13H,1H3. The van der Waals surface area contributed by atoms with Gasteiger partial charge in [0.25, 0.3) is 0 Å². The van der Waals surface area contributed by atoms with Crippen LogP contribution >= 0.6 is 11.6 Å². The van der Waals surface area contributed by atoms with Crippen molar-refractivity contribution in [1.82, 2.24) is 0 Å². The Morgan fingerprint density at radius 2 is 2.11 bits per heavy atom. The summed E-state index contributed by atoms with van der Waals surface area (Å²) in [5.41, 5.74) is 0.386. The molecule has 1 aliphatic heterocycles. The van der Waals surface area contributed by atoms with Gasteiger partial charge < -0.3 is 9.84 Å². The van der Waals surface area contributed by atoms with E-state index in [1.54, 1.807) is 0 Å². The Morgan fingerprint density at radius 3 is 2.72 bits per heavy atom. The average Bonchev–Trinajstić information content (AvgIpc) is 2.59. The lowest BCUT2D eigenvalue weighted by molar-refractivity contribution is -0.147.